The van der Waals surface area contributed by atoms with Crippen LogP contribution in [-0.4, -0.2) is 55.5 Å². The van der Waals surface area contributed by atoms with E-state index in [1.54, 1.807) is 35.2 Å². The van der Waals surface area contributed by atoms with E-state index in [9.17, 15) is 22.8 Å². The van der Waals surface area contributed by atoms with Gasteiger partial charge in [0.15, 0.2) is 11.5 Å². The van der Waals surface area contributed by atoms with Gasteiger partial charge in [-0.05, 0) is 81.0 Å². The third kappa shape index (κ3) is 8.20. The lowest BCUT2D eigenvalue weighted by Crippen LogP contribution is -2.46. The zero-order chi connectivity index (χ0) is 32.1. The van der Waals surface area contributed by atoms with Crippen LogP contribution in [0.2, 0.25) is 0 Å². The molecular weight excluding hydrogens is 589 g/mol. The Morgan fingerprint density at radius 3 is 2.49 bits per heavy atom. The number of piperidine rings is 1. The minimum atomic E-state index is -0.683. The molecule has 1 fully saturated rings. The Morgan fingerprint density at radius 1 is 0.978 bits per heavy atom. The first-order chi connectivity index (χ1) is 21.5. The summed E-state index contributed by atoms with van der Waals surface area (Å²) in [5.41, 5.74) is 0.253. The summed E-state index contributed by atoms with van der Waals surface area (Å²) < 4.78 is 65.3. The van der Waals surface area contributed by atoms with Gasteiger partial charge in [0.05, 0.1) is 13.0 Å². The lowest BCUT2D eigenvalue weighted by atomic mass is 9.80. The molecule has 1 N–H and O–H groups in total. The molecule has 11 heteroatoms. The number of carbonyl (C=O) groups excluding carboxylic acids is 2. The van der Waals surface area contributed by atoms with E-state index in [0.717, 1.165) is 17.7 Å². The number of amides is 2. The molecule has 0 radical (unpaired) electrons. The van der Waals surface area contributed by atoms with Crippen molar-refractivity contribution in [1.82, 2.24) is 10.2 Å². The zero-order valence-corrected chi connectivity index (χ0v) is 25.5. The van der Waals surface area contributed by atoms with E-state index in [4.69, 9.17) is 18.9 Å². The maximum Gasteiger partial charge on any atom is 0.410 e. The number of benzene rings is 3. The number of hydrogen-bond acceptors (Lipinski definition) is 6. The monoisotopic (exact) mass is 626 g/mol. The van der Waals surface area contributed by atoms with E-state index in [1.165, 1.54) is 12.1 Å². The van der Waals surface area contributed by atoms with Crippen molar-refractivity contribution in [1.29, 1.82) is 0 Å². The van der Waals surface area contributed by atoms with Gasteiger partial charge in [-0.1, -0.05) is 18.2 Å². The van der Waals surface area contributed by atoms with Gasteiger partial charge in [-0.15, -0.1) is 0 Å². The Bertz CT molecular complexity index is 1520. The van der Waals surface area contributed by atoms with Crippen molar-refractivity contribution >= 4 is 12.0 Å². The van der Waals surface area contributed by atoms with Gasteiger partial charge in [0.25, 0.3) is 0 Å². The number of ether oxygens (including phenoxy) is 4. The highest BCUT2D eigenvalue weighted by molar-refractivity contribution is 5.78. The maximum absolute atomic E-state index is 14.9. The van der Waals surface area contributed by atoms with Crippen molar-refractivity contribution in [3.63, 3.8) is 0 Å². The second-order valence-corrected chi connectivity index (χ2v) is 12.2. The molecule has 8 nitrogen and oxygen atoms in total. The van der Waals surface area contributed by atoms with Gasteiger partial charge in [-0.25, -0.2) is 18.0 Å². The van der Waals surface area contributed by atoms with Crippen molar-refractivity contribution in [3.8, 4) is 17.2 Å². The predicted molar refractivity (Wildman–Crippen MR) is 160 cm³/mol. The number of fused-ring (bicyclic) bond motifs is 1. The number of halogens is 3. The van der Waals surface area contributed by atoms with Crippen LogP contribution in [-0.2, 0) is 22.4 Å². The summed E-state index contributed by atoms with van der Waals surface area (Å²) in [5, 5.41) is 2.63. The zero-order valence-electron chi connectivity index (χ0n) is 25.5. The number of rotatable bonds is 9. The summed E-state index contributed by atoms with van der Waals surface area (Å²) in [6, 6.07) is 13.6. The summed E-state index contributed by atoms with van der Waals surface area (Å²) in [4.78, 5) is 27.3. The average molecular weight is 627 g/mol. The molecule has 0 aliphatic carbocycles. The molecule has 0 bridgehead atoms. The molecule has 2 aliphatic rings. The third-order valence-corrected chi connectivity index (χ3v) is 7.80. The molecule has 2 heterocycles. The largest absolute Gasteiger partial charge is 0.493 e. The molecule has 2 unspecified atom stereocenters. The van der Waals surface area contributed by atoms with Crippen LogP contribution in [0.4, 0.5) is 18.0 Å². The SMILES string of the molecule is CC(C)(C)OC(=O)N1CCC(c2ccc(F)c(CC(=O)NCCc3c(F)cccc3F)c2)C(COc2ccc3c(c2)OCO3)C1. The van der Waals surface area contributed by atoms with Crippen LogP contribution in [0.1, 0.15) is 49.8 Å². The normalized spacial score (nSPS) is 17.6. The summed E-state index contributed by atoms with van der Waals surface area (Å²) in [6.45, 7) is 6.61. The molecule has 5 rings (SSSR count). The smallest absolute Gasteiger partial charge is 0.410 e. The quantitative estimate of drug-likeness (QED) is 0.307. The molecule has 45 heavy (non-hydrogen) atoms. The van der Waals surface area contributed by atoms with Gasteiger partial charge in [0, 0.05) is 37.2 Å². The number of carbonyl (C=O) groups is 2. The summed E-state index contributed by atoms with van der Waals surface area (Å²) >= 11 is 0. The Morgan fingerprint density at radius 2 is 1.73 bits per heavy atom. The van der Waals surface area contributed by atoms with Crippen molar-refractivity contribution in [2.24, 2.45) is 5.92 Å². The molecular formula is C34H37F3N2O6. The van der Waals surface area contributed by atoms with Crippen LogP contribution in [0.15, 0.2) is 54.6 Å². The topological polar surface area (TPSA) is 86.3 Å². The fourth-order valence-corrected chi connectivity index (χ4v) is 5.60. The van der Waals surface area contributed by atoms with E-state index < -0.39 is 35.1 Å². The van der Waals surface area contributed by atoms with E-state index >= 15 is 0 Å². The standard InChI is InChI=1S/C34H37F3N2O6/c1-34(2,3)45-33(41)39-14-12-25(23(18-39)19-42-24-8-10-30-31(17-24)44-20-43-30)21-7-9-27(35)22(15-21)16-32(40)38-13-11-26-28(36)5-4-6-29(26)37/h4-10,15,17,23,25H,11-14,16,18-20H2,1-3H3,(H,38,40). The molecule has 0 saturated carbocycles. The molecule has 1 saturated heterocycles. The number of hydrogen-bond donors (Lipinski definition) is 1. The summed E-state index contributed by atoms with van der Waals surface area (Å²) in [6.07, 6.45) is -0.122. The van der Waals surface area contributed by atoms with E-state index in [-0.39, 0.29) is 55.7 Å². The first-order valence-electron chi connectivity index (χ1n) is 14.9. The lowest BCUT2D eigenvalue weighted by Gasteiger charge is -2.39. The summed E-state index contributed by atoms with van der Waals surface area (Å²) in [7, 11) is 0. The van der Waals surface area contributed by atoms with E-state index in [2.05, 4.69) is 5.32 Å². The van der Waals surface area contributed by atoms with Crippen LogP contribution in [0.3, 0.4) is 0 Å². The molecule has 0 spiro atoms. The fourth-order valence-electron chi connectivity index (χ4n) is 5.60. The molecule has 3 aromatic rings. The van der Waals surface area contributed by atoms with Gasteiger partial charge in [0.1, 0.15) is 28.8 Å². The van der Waals surface area contributed by atoms with Crippen LogP contribution >= 0.6 is 0 Å². The van der Waals surface area contributed by atoms with Crippen LogP contribution in [0, 0.1) is 23.4 Å². The Kier molecular flexibility index (Phi) is 9.74. The predicted octanol–water partition coefficient (Wildman–Crippen LogP) is 6.15. The highest BCUT2D eigenvalue weighted by atomic mass is 19.1. The minimum Gasteiger partial charge on any atom is -0.493 e. The minimum absolute atomic E-state index is 0.000390. The van der Waals surface area contributed by atoms with Gasteiger partial charge in [0.2, 0.25) is 12.7 Å². The number of nitrogens with one attached hydrogen (secondary N) is 1. The van der Waals surface area contributed by atoms with Crippen molar-refractivity contribution in [2.75, 3.05) is 33.0 Å². The van der Waals surface area contributed by atoms with Crippen molar-refractivity contribution < 1.29 is 41.7 Å². The second-order valence-electron chi connectivity index (χ2n) is 12.2. The Balaban J connectivity index is 1.28. The first-order valence-corrected chi connectivity index (χ1v) is 14.9. The molecule has 0 aromatic heterocycles. The fraction of sp³-hybridized carbons (Fsp3) is 0.412. The average Bonchev–Trinajstić information content (AvgIpc) is 3.46. The Hall–Kier alpha value is -4.41. The molecule has 2 amide bonds. The summed E-state index contributed by atoms with van der Waals surface area (Å²) in [5.74, 6) is -0.850. The lowest BCUT2D eigenvalue weighted by molar-refractivity contribution is -0.120. The van der Waals surface area contributed by atoms with Gasteiger partial charge in [-0.2, -0.15) is 0 Å². The number of nitrogens with zero attached hydrogens (tertiary/aromatic N) is 1. The number of likely N-dealkylation sites (tertiary alicyclic amines) is 1. The molecule has 3 aromatic carbocycles. The second kappa shape index (κ2) is 13.7. The van der Waals surface area contributed by atoms with Crippen LogP contribution in [0.5, 0.6) is 17.2 Å². The van der Waals surface area contributed by atoms with Gasteiger partial charge < -0.3 is 29.2 Å². The van der Waals surface area contributed by atoms with Gasteiger partial charge >= 0.3 is 6.09 Å². The van der Waals surface area contributed by atoms with E-state index in [1.807, 2.05) is 20.8 Å². The van der Waals surface area contributed by atoms with Crippen LogP contribution in [0.25, 0.3) is 0 Å². The molecule has 2 atom stereocenters. The van der Waals surface area contributed by atoms with Crippen LogP contribution < -0.4 is 19.5 Å². The van der Waals surface area contributed by atoms with Crippen molar-refractivity contribution in [2.45, 2.75) is 51.6 Å². The van der Waals surface area contributed by atoms with E-state index in [0.29, 0.717) is 36.8 Å². The van der Waals surface area contributed by atoms with Crippen molar-refractivity contribution in [3.05, 3.63) is 88.7 Å². The third-order valence-electron chi connectivity index (χ3n) is 7.80. The highest BCUT2D eigenvalue weighted by Gasteiger charge is 2.35. The Labute approximate surface area is 260 Å². The van der Waals surface area contributed by atoms with Gasteiger partial charge in [-0.3, -0.25) is 4.79 Å². The highest BCUT2D eigenvalue weighted by Crippen LogP contribution is 2.38. The molecule has 240 valence electrons. The maximum atomic E-state index is 14.9. The first kappa shape index (κ1) is 32.0. The molecule has 2 aliphatic heterocycles.